The van der Waals surface area contributed by atoms with Crippen LogP contribution in [0.25, 0.3) is 17.1 Å². The Balaban J connectivity index is 1.79. The lowest BCUT2D eigenvalue weighted by molar-refractivity contribution is -0.116. The molecule has 0 saturated carbocycles. The molecule has 0 aliphatic heterocycles. The molecule has 164 valence electrons. The van der Waals surface area contributed by atoms with E-state index >= 15 is 0 Å². The molecule has 0 bridgehead atoms. The molecule has 0 aliphatic carbocycles. The maximum Gasteiger partial charge on any atom is 0.336 e. The molecule has 31 heavy (non-hydrogen) atoms. The number of anilines is 1. The quantitative estimate of drug-likeness (QED) is 0.412. The van der Waals surface area contributed by atoms with Gasteiger partial charge in [0.2, 0.25) is 5.91 Å². The number of benzene rings is 2. The first-order chi connectivity index (χ1) is 15.0. The number of nitrogens with zero attached hydrogens (tertiary/aromatic N) is 3. The number of carbonyl (C=O) groups is 1. The fourth-order valence-corrected chi connectivity index (χ4v) is 3.25. The Hall–Kier alpha value is -3.15. The molecule has 0 atom stereocenters. The van der Waals surface area contributed by atoms with E-state index < -0.39 is 0 Å². The molecule has 3 aromatic rings. The summed E-state index contributed by atoms with van der Waals surface area (Å²) < 4.78 is 7.51. The molecule has 1 heterocycles. The van der Waals surface area contributed by atoms with Crippen molar-refractivity contribution in [1.29, 1.82) is 0 Å². The summed E-state index contributed by atoms with van der Waals surface area (Å²) in [6, 6.07) is 16.1. The van der Waals surface area contributed by atoms with Gasteiger partial charge in [-0.3, -0.25) is 4.79 Å². The molecule has 0 saturated heterocycles. The topological polar surface area (TPSA) is 69.0 Å². The van der Waals surface area contributed by atoms with E-state index in [0.29, 0.717) is 18.3 Å². The van der Waals surface area contributed by atoms with Crippen LogP contribution in [0.4, 0.5) is 5.69 Å². The first kappa shape index (κ1) is 22.5. The first-order valence-corrected chi connectivity index (χ1v) is 11.1. The van der Waals surface area contributed by atoms with Crippen molar-refractivity contribution in [2.24, 2.45) is 0 Å². The molecule has 6 nitrogen and oxygen atoms in total. The van der Waals surface area contributed by atoms with E-state index in [-0.39, 0.29) is 12.0 Å². The molecule has 6 heteroatoms. The molecule has 0 unspecified atom stereocenters. The third kappa shape index (κ3) is 6.41. The number of aromatic nitrogens is 3. The van der Waals surface area contributed by atoms with E-state index in [1.807, 2.05) is 50.2 Å². The van der Waals surface area contributed by atoms with Gasteiger partial charge in [-0.15, -0.1) is 5.10 Å². The van der Waals surface area contributed by atoms with Crippen LogP contribution in [0.5, 0.6) is 6.01 Å². The summed E-state index contributed by atoms with van der Waals surface area (Å²) in [7, 11) is 0. The Kier molecular flexibility index (Phi) is 7.82. The number of carbonyl (C=O) groups excluding carboxylic acids is 1. The number of aryl methyl sites for hydroxylation is 1. The van der Waals surface area contributed by atoms with Crippen molar-refractivity contribution >= 4 is 11.6 Å². The molecular weight excluding hydrogens is 388 g/mol. The largest absolute Gasteiger partial charge is 0.460 e. The average Bonchev–Trinajstić information content (AvgIpc) is 3.15. The highest BCUT2D eigenvalue weighted by molar-refractivity contribution is 5.90. The van der Waals surface area contributed by atoms with Crippen molar-refractivity contribution < 1.29 is 9.53 Å². The zero-order valence-corrected chi connectivity index (χ0v) is 18.9. The minimum atomic E-state index is -0.0170. The van der Waals surface area contributed by atoms with Gasteiger partial charge in [0.1, 0.15) is 0 Å². The van der Waals surface area contributed by atoms with Crippen molar-refractivity contribution in [3.63, 3.8) is 0 Å². The minimum absolute atomic E-state index is 0.0170. The summed E-state index contributed by atoms with van der Waals surface area (Å²) in [6.07, 6.45) is 4.90. The normalized spacial score (nSPS) is 11.0. The van der Waals surface area contributed by atoms with Crippen LogP contribution in [0.3, 0.4) is 0 Å². The van der Waals surface area contributed by atoms with Crippen LogP contribution in [0.2, 0.25) is 0 Å². The van der Waals surface area contributed by atoms with Gasteiger partial charge in [-0.1, -0.05) is 56.0 Å². The third-order valence-corrected chi connectivity index (χ3v) is 4.89. The van der Waals surface area contributed by atoms with Crippen LogP contribution in [-0.2, 0) is 4.79 Å². The Bertz CT molecular complexity index is 976. The highest BCUT2D eigenvalue weighted by Gasteiger charge is 2.16. The molecule has 2 aromatic carbocycles. The Morgan fingerprint density at radius 1 is 1.03 bits per heavy atom. The summed E-state index contributed by atoms with van der Waals surface area (Å²) in [5.41, 5.74) is 3.77. The maximum atomic E-state index is 12.1. The van der Waals surface area contributed by atoms with E-state index in [1.165, 1.54) is 18.4 Å². The van der Waals surface area contributed by atoms with Crippen molar-refractivity contribution in [3.05, 3.63) is 54.1 Å². The summed E-state index contributed by atoms with van der Waals surface area (Å²) in [6.45, 7) is 8.12. The van der Waals surface area contributed by atoms with E-state index in [2.05, 4.69) is 41.4 Å². The van der Waals surface area contributed by atoms with Crippen LogP contribution in [0.1, 0.15) is 58.4 Å². The Labute approximate surface area is 184 Å². The molecule has 0 radical (unpaired) electrons. The molecule has 3 rings (SSSR count). The molecule has 0 aliphatic rings. The van der Waals surface area contributed by atoms with E-state index in [4.69, 9.17) is 4.74 Å². The van der Waals surface area contributed by atoms with Gasteiger partial charge in [-0.05, 0) is 51.5 Å². The van der Waals surface area contributed by atoms with Gasteiger partial charge in [-0.25, -0.2) is 4.68 Å². The predicted molar refractivity (Wildman–Crippen MR) is 125 cm³/mol. The smallest absolute Gasteiger partial charge is 0.336 e. The minimum Gasteiger partial charge on any atom is -0.460 e. The fourth-order valence-electron chi connectivity index (χ4n) is 3.25. The standard InChI is InChI=1S/C25H32N4O2/c1-5-6-7-8-9-23(30)26-21-14-16-22(17-15-21)29-24(20-12-10-19(4)11-13-20)27-25(28-29)31-18(2)3/h10-18H,5-9H2,1-4H3,(H,26,30). The number of hydrogen-bond donors (Lipinski definition) is 1. The Morgan fingerprint density at radius 2 is 1.74 bits per heavy atom. The average molecular weight is 421 g/mol. The molecule has 1 N–H and O–H groups in total. The zero-order valence-electron chi connectivity index (χ0n) is 18.9. The van der Waals surface area contributed by atoms with Crippen molar-refractivity contribution in [3.8, 4) is 23.1 Å². The SMILES string of the molecule is CCCCCCC(=O)Nc1ccc(-n2nc(OC(C)C)nc2-c2ccc(C)cc2)cc1. The van der Waals surface area contributed by atoms with Crippen LogP contribution in [0, 0.1) is 6.92 Å². The third-order valence-electron chi connectivity index (χ3n) is 4.89. The second kappa shape index (κ2) is 10.8. The van der Waals surface area contributed by atoms with E-state index in [1.54, 1.807) is 4.68 Å². The number of hydrogen-bond acceptors (Lipinski definition) is 4. The molecule has 0 fully saturated rings. The molecular formula is C25H32N4O2. The van der Waals surface area contributed by atoms with Crippen molar-refractivity contribution in [2.75, 3.05) is 5.32 Å². The van der Waals surface area contributed by atoms with Crippen molar-refractivity contribution in [2.45, 2.75) is 65.9 Å². The zero-order chi connectivity index (χ0) is 22.2. The summed E-state index contributed by atoms with van der Waals surface area (Å²) in [5.74, 6) is 0.765. The molecule has 1 aromatic heterocycles. The molecule has 0 spiro atoms. The predicted octanol–water partition coefficient (Wildman–Crippen LogP) is 5.94. The monoisotopic (exact) mass is 420 g/mol. The number of unbranched alkanes of at least 4 members (excludes halogenated alkanes) is 3. The van der Waals surface area contributed by atoms with Gasteiger partial charge >= 0.3 is 6.01 Å². The maximum absolute atomic E-state index is 12.1. The van der Waals surface area contributed by atoms with Crippen LogP contribution >= 0.6 is 0 Å². The molecule has 1 amide bonds. The Morgan fingerprint density at radius 3 is 2.39 bits per heavy atom. The van der Waals surface area contributed by atoms with Crippen molar-refractivity contribution in [1.82, 2.24) is 14.8 Å². The second-order valence-corrected chi connectivity index (χ2v) is 8.07. The lowest BCUT2D eigenvalue weighted by atomic mass is 10.1. The summed E-state index contributed by atoms with van der Waals surface area (Å²) in [5, 5.41) is 7.54. The van der Waals surface area contributed by atoms with Crippen LogP contribution in [0.15, 0.2) is 48.5 Å². The van der Waals surface area contributed by atoms with Gasteiger partial charge in [0.15, 0.2) is 5.82 Å². The lowest BCUT2D eigenvalue weighted by Gasteiger charge is -2.09. The van der Waals surface area contributed by atoms with Gasteiger partial charge in [0.05, 0.1) is 11.8 Å². The summed E-state index contributed by atoms with van der Waals surface area (Å²) in [4.78, 5) is 16.8. The second-order valence-electron chi connectivity index (χ2n) is 8.07. The fraction of sp³-hybridized carbons (Fsp3) is 0.400. The number of nitrogens with one attached hydrogen (secondary N) is 1. The first-order valence-electron chi connectivity index (χ1n) is 11.1. The highest BCUT2D eigenvalue weighted by atomic mass is 16.5. The van der Waals surface area contributed by atoms with E-state index in [9.17, 15) is 4.79 Å². The van der Waals surface area contributed by atoms with Crippen LogP contribution < -0.4 is 10.1 Å². The van der Waals surface area contributed by atoms with Gasteiger partial charge in [-0.2, -0.15) is 4.98 Å². The number of amides is 1. The van der Waals surface area contributed by atoms with E-state index in [0.717, 1.165) is 29.8 Å². The van der Waals surface area contributed by atoms with Gasteiger partial charge < -0.3 is 10.1 Å². The number of ether oxygens (including phenoxy) is 1. The van der Waals surface area contributed by atoms with Gasteiger partial charge in [0, 0.05) is 17.7 Å². The van der Waals surface area contributed by atoms with Gasteiger partial charge in [0.25, 0.3) is 0 Å². The highest BCUT2D eigenvalue weighted by Crippen LogP contribution is 2.25. The number of rotatable bonds is 10. The summed E-state index contributed by atoms with van der Waals surface area (Å²) >= 11 is 0. The van der Waals surface area contributed by atoms with Crippen LogP contribution in [-0.4, -0.2) is 26.8 Å². The lowest BCUT2D eigenvalue weighted by Crippen LogP contribution is -2.11.